The van der Waals surface area contributed by atoms with Gasteiger partial charge in [0.25, 0.3) is 0 Å². The third-order valence-electron chi connectivity index (χ3n) is 4.02. The number of benzene rings is 2. The van der Waals surface area contributed by atoms with Crippen molar-refractivity contribution in [2.24, 2.45) is 0 Å². The molecule has 1 aromatic heterocycles. The molecule has 1 atom stereocenters. The van der Waals surface area contributed by atoms with Crippen LogP contribution in [0.25, 0.3) is 5.69 Å². The molecule has 0 unspecified atom stereocenters. The molecule has 0 fully saturated rings. The molecule has 3 aromatic rings. The molecule has 128 valence electrons. The van der Waals surface area contributed by atoms with Gasteiger partial charge in [0.15, 0.2) is 11.6 Å². The van der Waals surface area contributed by atoms with Gasteiger partial charge in [-0.15, -0.1) is 0 Å². The smallest absolute Gasteiger partial charge is 0.224 e. The lowest BCUT2D eigenvalue weighted by molar-refractivity contribution is -0.121. The zero-order valence-electron chi connectivity index (χ0n) is 13.7. The van der Waals surface area contributed by atoms with Crippen LogP contribution in [0.15, 0.2) is 67.0 Å². The van der Waals surface area contributed by atoms with Crippen LogP contribution >= 0.6 is 0 Å². The van der Waals surface area contributed by atoms with E-state index in [4.69, 9.17) is 0 Å². The van der Waals surface area contributed by atoms with E-state index in [-0.39, 0.29) is 12.3 Å². The van der Waals surface area contributed by atoms with Crippen molar-refractivity contribution in [3.63, 3.8) is 0 Å². The van der Waals surface area contributed by atoms with Crippen LogP contribution in [0.5, 0.6) is 0 Å². The maximum absolute atomic E-state index is 13.3. The second-order valence-corrected chi connectivity index (χ2v) is 5.90. The van der Waals surface area contributed by atoms with E-state index in [9.17, 15) is 13.6 Å². The molecular formula is C20H18F2N2O. The summed E-state index contributed by atoms with van der Waals surface area (Å²) >= 11 is 0. The highest BCUT2D eigenvalue weighted by atomic mass is 19.2. The van der Waals surface area contributed by atoms with Crippen LogP contribution in [0, 0.1) is 11.6 Å². The molecule has 2 aromatic carbocycles. The van der Waals surface area contributed by atoms with E-state index in [1.165, 1.54) is 6.07 Å². The highest BCUT2D eigenvalue weighted by Crippen LogP contribution is 2.16. The second-order valence-electron chi connectivity index (χ2n) is 5.90. The van der Waals surface area contributed by atoms with E-state index >= 15 is 0 Å². The summed E-state index contributed by atoms with van der Waals surface area (Å²) in [7, 11) is 0. The highest BCUT2D eigenvalue weighted by Gasteiger charge is 2.12. The Hall–Kier alpha value is -2.95. The molecule has 1 amide bonds. The van der Waals surface area contributed by atoms with E-state index in [0.717, 1.165) is 23.4 Å². The van der Waals surface area contributed by atoms with Gasteiger partial charge in [0.05, 0.1) is 12.5 Å². The number of rotatable bonds is 5. The molecule has 5 heteroatoms. The molecule has 25 heavy (non-hydrogen) atoms. The minimum absolute atomic E-state index is 0.175. The number of nitrogens with one attached hydrogen (secondary N) is 1. The zero-order chi connectivity index (χ0) is 17.8. The summed E-state index contributed by atoms with van der Waals surface area (Å²) in [6.07, 6.45) is 4.12. The zero-order valence-corrected chi connectivity index (χ0v) is 13.7. The first-order chi connectivity index (χ1) is 12.0. The summed E-state index contributed by atoms with van der Waals surface area (Å²) in [4.78, 5) is 12.2. The lowest BCUT2D eigenvalue weighted by Crippen LogP contribution is -2.28. The quantitative estimate of drug-likeness (QED) is 0.743. The van der Waals surface area contributed by atoms with Crippen LogP contribution in [-0.4, -0.2) is 10.5 Å². The minimum Gasteiger partial charge on any atom is -0.349 e. The molecule has 0 bridgehead atoms. The number of carbonyl (C=O) groups excluding carboxylic acids is 1. The van der Waals surface area contributed by atoms with Crippen molar-refractivity contribution in [2.45, 2.75) is 19.4 Å². The van der Waals surface area contributed by atoms with Gasteiger partial charge in [0.2, 0.25) is 5.91 Å². The van der Waals surface area contributed by atoms with Crippen LogP contribution in [0.3, 0.4) is 0 Å². The van der Waals surface area contributed by atoms with Gasteiger partial charge in [-0.1, -0.05) is 18.2 Å². The van der Waals surface area contributed by atoms with Crippen LogP contribution in [-0.2, 0) is 11.2 Å². The Kier molecular flexibility index (Phi) is 4.93. The van der Waals surface area contributed by atoms with Crippen molar-refractivity contribution in [1.82, 2.24) is 9.88 Å². The maximum Gasteiger partial charge on any atom is 0.224 e. The monoisotopic (exact) mass is 340 g/mol. The van der Waals surface area contributed by atoms with E-state index in [1.54, 1.807) is 6.92 Å². The average molecular weight is 340 g/mol. The Labute approximate surface area is 144 Å². The Morgan fingerprint density at radius 1 is 1.04 bits per heavy atom. The molecule has 0 aliphatic heterocycles. The van der Waals surface area contributed by atoms with E-state index < -0.39 is 17.7 Å². The third kappa shape index (κ3) is 4.12. The van der Waals surface area contributed by atoms with Crippen LogP contribution in [0.1, 0.15) is 24.1 Å². The molecule has 0 saturated heterocycles. The Bertz CT molecular complexity index is 858. The number of hydrogen-bond acceptors (Lipinski definition) is 1. The van der Waals surface area contributed by atoms with Crippen molar-refractivity contribution in [3.8, 4) is 5.69 Å². The number of aromatic nitrogens is 1. The largest absolute Gasteiger partial charge is 0.349 e. The summed E-state index contributed by atoms with van der Waals surface area (Å²) in [6, 6.07) is 14.8. The molecule has 1 heterocycles. The predicted octanol–water partition coefficient (Wildman–Crippen LogP) is 4.18. The molecule has 0 aliphatic carbocycles. The molecule has 0 saturated carbocycles. The maximum atomic E-state index is 13.3. The van der Waals surface area contributed by atoms with Crippen molar-refractivity contribution in [2.75, 3.05) is 0 Å². The summed E-state index contributed by atoms with van der Waals surface area (Å²) in [5.74, 6) is -1.99. The Morgan fingerprint density at radius 3 is 2.36 bits per heavy atom. The minimum atomic E-state index is -0.917. The standard InChI is InChI=1S/C20H18F2N2O/c1-14(16-6-9-18(21)19(22)13-16)23-20(25)12-15-4-7-17(8-5-15)24-10-2-3-11-24/h2-11,13-14H,12H2,1H3,(H,23,25)/t14-/m1/s1. The third-order valence-corrected chi connectivity index (χ3v) is 4.02. The van der Waals surface area contributed by atoms with Crippen molar-refractivity contribution in [1.29, 1.82) is 0 Å². The van der Waals surface area contributed by atoms with E-state index in [0.29, 0.717) is 5.56 Å². The highest BCUT2D eigenvalue weighted by molar-refractivity contribution is 5.79. The van der Waals surface area contributed by atoms with Gasteiger partial charge in [-0.25, -0.2) is 8.78 Å². The molecule has 0 spiro atoms. The summed E-state index contributed by atoms with van der Waals surface area (Å²) in [5.41, 5.74) is 2.42. The number of nitrogens with zero attached hydrogens (tertiary/aromatic N) is 1. The predicted molar refractivity (Wildman–Crippen MR) is 92.4 cm³/mol. The topological polar surface area (TPSA) is 34.0 Å². The first-order valence-corrected chi connectivity index (χ1v) is 7.99. The molecule has 3 rings (SSSR count). The van der Waals surface area contributed by atoms with Gasteiger partial charge < -0.3 is 9.88 Å². The van der Waals surface area contributed by atoms with Gasteiger partial charge in [-0.3, -0.25) is 4.79 Å². The fraction of sp³-hybridized carbons (Fsp3) is 0.150. The molecule has 0 aliphatic rings. The molecule has 3 nitrogen and oxygen atoms in total. The lowest BCUT2D eigenvalue weighted by Gasteiger charge is -2.15. The van der Waals surface area contributed by atoms with Crippen LogP contribution in [0.2, 0.25) is 0 Å². The fourth-order valence-corrected chi connectivity index (χ4v) is 2.64. The summed E-state index contributed by atoms with van der Waals surface area (Å²) in [6.45, 7) is 1.74. The molecule has 1 N–H and O–H groups in total. The van der Waals surface area contributed by atoms with E-state index in [1.807, 2.05) is 53.4 Å². The van der Waals surface area contributed by atoms with E-state index in [2.05, 4.69) is 5.32 Å². The van der Waals surface area contributed by atoms with Crippen molar-refractivity contribution >= 4 is 5.91 Å². The first kappa shape index (κ1) is 16.9. The summed E-state index contributed by atoms with van der Waals surface area (Å²) < 4.78 is 28.3. The lowest BCUT2D eigenvalue weighted by atomic mass is 10.1. The van der Waals surface area contributed by atoms with Crippen LogP contribution < -0.4 is 5.32 Å². The second kappa shape index (κ2) is 7.30. The number of hydrogen-bond donors (Lipinski definition) is 1. The van der Waals surface area contributed by atoms with Gasteiger partial charge >= 0.3 is 0 Å². The normalized spacial score (nSPS) is 12.0. The van der Waals surface area contributed by atoms with Crippen molar-refractivity contribution < 1.29 is 13.6 Å². The number of amides is 1. The molecule has 0 radical (unpaired) electrons. The first-order valence-electron chi connectivity index (χ1n) is 7.99. The van der Waals surface area contributed by atoms with Gasteiger partial charge in [0.1, 0.15) is 0 Å². The Balaban J connectivity index is 1.61. The molecular weight excluding hydrogens is 322 g/mol. The van der Waals surface area contributed by atoms with Gasteiger partial charge in [-0.2, -0.15) is 0 Å². The van der Waals surface area contributed by atoms with Crippen molar-refractivity contribution in [3.05, 3.63) is 89.8 Å². The van der Waals surface area contributed by atoms with Crippen LogP contribution in [0.4, 0.5) is 8.78 Å². The number of carbonyl (C=O) groups is 1. The number of halogens is 2. The fourth-order valence-electron chi connectivity index (χ4n) is 2.64. The Morgan fingerprint density at radius 2 is 1.72 bits per heavy atom. The van der Waals surface area contributed by atoms with Gasteiger partial charge in [0, 0.05) is 18.1 Å². The summed E-state index contributed by atoms with van der Waals surface area (Å²) in [5, 5.41) is 2.80. The van der Waals surface area contributed by atoms with Gasteiger partial charge in [-0.05, 0) is 54.4 Å². The average Bonchev–Trinajstić information content (AvgIpc) is 3.12. The SMILES string of the molecule is C[C@@H](NC(=O)Cc1ccc(-n2cccc2)cc1)c1ccc(F)c(F)c1.